The lowest BCUT2D eigenvalue weighted by Crippen LogP contribution is -2.45. The maximum Gasteiger partial charge on any atom is 0.268 e. The molecule has 3 unspecified atom stereocenters. The van der Waals surface area contributed by atoms with Crippen LogP contribution in [0.1, 0.15) is 117 Å². The number of aliphatic hydroxyl groups excluding tert-OH is 1. The fourth-order valence-electron chi connectivity index (χ4n) is 4.02. The number of hydrogen-bond donors (Lipinski definition) is 2. The summed E-state index contributed by atoms with van der Waals surface area (Å²) in [6, 6.07) is -0.882. The van der Waals surface area contributed by atoms with Crippen LogP contribution in [-0.4, -0.2) is 68.5 Å². The van der Waals surface area contributed by atoms with E-state index in [1.54, 1.807) is 6.08 Å². The van der Waals surface area contributed by atoms with E-state index in [4.69, 9.17) is 9.05 Å². The number of hydrogen-bond acceptors (Lipinski definition) is 6. The van der Waals surface area contributed by atoms with Crippen LogP contribution in [0, 0.1) is 0 Å². The quantitative estimate of drug-likeness (QED) is 0.0495. The Bertz CT molecular complexity index is 723. The molecule has 8 nitrogen and oxygen atoms in total. The molecular weight excluding hydrogens is 527 g/mol. The molecular formula is C31H61N2O6P. The lowest BCUT2D eigenvalue weighted by molar-refractivity contribution is -0.870. The number of carbonyl (C=O) groups excluding carboxylic acids is 1. The van der Waals surface area contributed by atoms with Gasteiger partial charge in [0.1, 0.15) is 13.2 Å². The van der Waals surface area contributed by atoms with Crippen molar-refractivity contribution < 1.29 is 32.9 Å². The molecule has 0 aliphatic rings. The second kappa shape index (κ2) is 24.6. The Labute approximate surface area is 245 Å². The van der Waals surface area contributed by atoms with Crippen molar-refractivity contribution in [1.29, 1.82) is 0 Å². The van der Waals surface area contributed by atoms with Gasteiger partial charge in [-0.05, 0) is 44.9 Å². The second-order valence-electron chi connectivity index (χ2n) is 11.8. The zero-order valence-electron chi connectivity index (χ0n) is 26.3. The number of amides is 1. The van der Waals surface area contributed by atoms with Crippen molar-refractivity contribution in [1.82, 2.24) is 5.32 Å². The molecule has 0 aromatic carbocycles. The van der Waals surface area contributed by atoms with E-state index in [-0.39, 0.29) is 19.1 Å². The second-order valence-corrected chi connectivity index (χ2v) is 13.2. The zero-order chi connectivity index (χ0) is 30.1. The molecule has 0 aliphatic heterocycles. The summed E-state index contributed by atoms with van der Waals surface area (Å²) >= 11 is 0. The maximum absolute atomic E-state index is 12.6. The van der Waals surface area contributed by atoms with Gasteiger partial charge in [-0.25, -0.2) is 0 Å². The summed E-state index contributed by atoms with van der Waals surface area (Å²) in [6.45, 7) is 4.48. The van der Waals surface area contributed by atoms with Crippen molar-refractivity contribution in [2.45, 2.75) is 129 Å². The number of unbranched alkanes of at least 4 members (excludes halogenated alkanes) is 12. The predicted molar refractivity (Wildman–Crippen MR) is 164 cm³/mol. The minimum Gasteiger partial charge on any atom is -0.756 e. The average Bonchev–Trinajstić information content (AvgIpc) is 2.88. The van der Waals surface area contributed by atoms with Gasteiger partial charge in [-0.3, -0.25) is 9.36 Å². The predicted octanol–water partition coefficient (Wildman–Crippen LogP) is 6.43. The molecule has 0 spiro atoms. The summed E-state index contributed by atoms with van der Waals surface area (Å²) in [4.78, 5) is 24.9. The van der Waals surface area contributed by atoms with E-state index in [1.807, 2.05) is 27.2 Å². The Morgan fingerprint density at radius 2 is 1.38 bits per heavy atom. The average molecular weight is 589 g/mol. The molecule has 3 atom stereocenters. The SMILES string of the molecule is CCCCC/C=C\CCCCCCCC(=O)NC(COP(=O)([O-])OCC[N+](C)(C)C)C(O)/C=C/CCCCCC. The topological polar surface area (TPSA) is 108 Å². The number of phosphoric ester groups is 1. The molecule has 40 heavy (non-hydrogen) atoms. The van der Waals surface area contributed by atoms with Gasteiger partial charge in [0.15, 0.2) is 0 Å². The van der Waals surface area contributed by atoms with E-state index >= 15 is 0 Å². The highest BCUT2D eigenvalue weighted by atomic mass is 31.2. The van der Waals surface area contributed by atoms with Crippen molar-refractivity contribution in [3.05, 3.63) is 24.3 Å². The summed E-state index contributed by atoms with van der Waals surface area (Å²) in [7, 11) is 1.24. The number of likely N-dealkylation sites (N-methyl/N-ethyl adjacent to an activating group) is 1. The van der Waals surface area contributed by atoms with Gasteiger partial charge >= 0.3 is 0 Å². The van der Waals surface area contributed by atoms with Crippen molar-refractivity contribution in [2.75, 3.05) is 40.9 Å². The highest BCUT2D eigenvalue weighted by Gasteiger charge is 2.23. The van der Waals surface area contributed by atoms with Gasteiger partial charge in [-0.2, -0.15) is 0 Å². The summed E-state index contributed by atoms with van der Waals surface area (Å²) in [6.07, 6.45) is 23.9. The van der Waals surface area contributed by atoms with Crippen LogP contribution >= 0.6 is 7.82 Å². The van der Waals surface area contributed by atoms with Crippen LogP contribution < -0.4 is 10.2 Å². The third kappa shape index (κ3) is 25.9. The Kier molecular flexibility index (Phi) is 23.9. The Hall–Kier alpha value is -1.02. The van der Waals surface area contributed by atoms with Gasteiger partial charge in [0, 0.05) is 6.42 Å². The maximum atomic E-state index is 12.6. The highest BCUT2D eigenvalue weighted by molar-refractivity contribution is 7.45. The Balaban J connectivity index is 4.58. The molecule has 0 fully saturated rings. The van der Waals surface area contributed by atoms with Gasteiger partial charge in [0.05, 0.1) is 39.9 Å². The van der Waals surface area contributed by atoms with E-state index in [0.717, 1.165) is 57.8 Å². The molecule has 0 radical (unpaired) electrons. The van der Waals surface area contributed by atoms with Gasteiger partial charge in [0.2, 0.25) is 5.91 Å². The third-order valence-electron chi connectivity index (χ3n) is 6.66. The molecule has 1 amide bonds. The molecule has 0 aromatic rings. The minimum atomic E-state index is -4.56. The summed E-state index contributed by atoms with van der Waals surface area (Å²) in [5, 5.41) is 13.5. The van der Waals surface area contributed by atoms with E-state index < -0.39 is 20.0 Å². The van der Waals surface area contributed by atoms with Crippen LogP contribution in [-0.2, 0) is 18.4 Å². The lowest BCUT2D eigenvalue weighted by Gasteiger charge is -2.29. The molecule has 0 aliphatic carbocycles. The first-order chi connectivity index (χ1) is 19.0. The van der Waals surface area contributed by atoms with Gasteiger partial charge in [-0.1, -0.05) is 89.5 Å². The van der Waals surface area contributed by atoms with Crippen LogP contribution in [0.5, 0.6) is 0 Å². The number of nitrogens with one attached hydrogen (secondary N) is 1. The Morgan fingerprint density at radius 3 is 2.00 bits per heavy atom. The first-order valence-corrected chi connectivity index (χ1v) is 17.2. The van der Waals surface area contributed by atoms with Crippen LogP contribution in [0.4, 0.5) is 0 Å². The number of carbonyl (C=O) groups is 1. The van der Waals surface area contributed by atoms with E-state index in [2.05, 4.69) is 31.3 Å². The smallest absolute Gasteiger partial charge is 0.268 e. The third-order valence-corrected chi connectivity index (χ3v) is 7.62. The van der Waals surface area contributed by atoms with E-state index in [1.165, 1.54) is 38.5 Å². The number of aliphatic hydroxyl groups is 1. The first kappa shape index (κ1) is 39.0. The fourth-order valence-corrected chi connectivity index (χ4v) is 4.75. The highest BCUT2D eigenvalue weighted by Crippen LogP contribution is 2.38. The van der Waals surface area contributed by atoms with Crippen LogP contribution in [0.25, 0.3) is 0 Å². The molecule has 9 heteroatoms. The number of nitrogens with zero attached hydrogens (tertiary/aromatic N) is 1. The Morgan fingerprint density at radius 1 is 0.850 bits per heavy atom. The number of allylic oxidation sites excluding steroid dienone is 3. The minimum absolute atomic E-state index is 0.00321. The zero-order valence-corrected chi connectivity index (χ0v) is 27.2. The fraction of sp³-hybridized carbons (Fsp3) is 0.839. The van der Waals surface area contributed by atoms with Gasteiger partial charge < -0.3 is 28.8 Å². The first-order valence-electron chi connectivity index (χ1n) is 15.7. The molecule has 0 saturated carbocycles. The van der Waals surface area contributed by atoms with Gasteiger partial charge in [0.25, 0.3) is 7.82 Å². The van der Waals surface area contributed by atoms with Crippen molar-refractivity contribution in [2.24, 2.45) is 0 Å². The monoisotopic (exact) mass is 588 g/mol. The lowest BCUT2D eigenvalue weighted by atomic mass is 10.1. The molecule has 236 valence electrons. The molecule has 0 bridgehead atoms. The number of quaternary nitrogens is 1. The summed E-state index contributed by atoms with van der Waals surface area (Å²) in [5.74, 6) is -0.217. The summed E-state index contributed by atoms with van der Waals surface area (Å²) in [5.41, 5.74) is 0. The van der Waals surface area contributed by atoms with E-state index in [9.17, 15) is 19.4 Å². The summed E-state index contributed by atoms with van der Waals surface area (Å²) < 4.78 is 22.8. The van der Waals surface area contributed by atoms with Crippen LogP contribution in [0.3, 0.4) is 0 Å². The number of phosphoric acid groups is 1. The largest absolute Gasteiger partial charge is 0.756 e. The molecule has 2 N–H and O–H groups in total. The van der Waals surface area contributed by atoms with Crippen LogP contribution in [0.2, 0.25) is 0 Å². The molecule has 0 aromatic heterocycles. The molecule has 0 heterocycles. The number of rotatable bonds is 27. The normalized spacial score (nSPS) is 15.5. The van der Waals surface area contributed by atoms with Crippen molar-refractivity contribution in [3.8, 4) is 0 Å². The standard InChI is InChI=1S/C31H61N2O6P/c1-6-8-10-12-14-15-16-17-18-19-21-23-25-31(35)32-29(30(34)24-22-20-13-11-9-7-2)28-39-40(36,37)38-27-26-33(3,4)5/h14-15,22,24,29-30,34H,6-13,16-21,23,25-28H2,1-5H3,(H-,32,35,36,37)/b15-14-,24-22+. The van der Waals surface area contributed by atoms with Crippen molar-refractivity contribution >= 4 is 13.7 Å². The molecule has 0 saturated heterocycles. The van der Waals surface area contributed by atoms with E-state index in [0.29, 0.717) is 17.4 Å². The van der Waals surface area contributed by atoms with Crippen LogP contribution in [0.15, 0.2) is 24.3 Å². The molecule has 0 rings (SSSR count). The van der Waals surface area contributed by atoms with Crippen molar-refractivity contribution in [3.63, 3.8) is 0 Å². The van der Waals surface area contributed by atoms with Gasteiger partial charge in [-0.15, -0.1) is 0 Å².